The molecule has 108 valence electrons. The molecule has 4 aliphatic carbocycles. The maximum Gasteiger partial charge on any atom is 0.308 e. The fourth-order valence-corrected chi connectivity index (χ4v) is 2.75. The summed E-state index contributed by atoms with van der Waals surface area (Å²) in [5.74, 6) is 0.753. The standard InChI is InChI=1S/C18H18O3/c1-12(19)21-18-11-14-3-7-15-6-2-13(10-17(15)20)4-8-16(18)9-5-14/h2,5-6,9-11,20H,3-4,7-8H2,1H3. The molecule has 0 saturated carbocycles. The zero-order valence-electron chi connectivity index (χ0n) is 12.1. The van der Waals surface area contributed by atoms with Crippen LogP contribution in [0.4, 0.5) is 0 Å². The highest BCUT2D eigenvalue weighted by atomic mass is 16.5. The van der Waals surface area contributed by atoms with Gasteiger partial charge in [0.2, 0.25) is 0 Å². The Hall–Kier alpha value is -2.29. The fourth-order valence-electron chi connectivity index (χ4n) is 2.75. The molecule has 0 amide bonds. The molecule has 0 radical (unpaired) electrons. The molecule has 0 spiro atoms. The van der Waals surface area contributed by atoms with Crippen LogP contribution < -0.4 is 4.74 Å². The molecule has 0 fully saturated rings. The van der Waals surface area contributed by atoms with Crippen LogP contribution in [0.15, 0.2) is 36.4 Å². The van der Waals surface area contributed by atoms with Crippen molar-refractivity contribution in [2.24, 2.45) is 0 Å². The number of phenols is 1. The van der Waals surface area contributed by atoms with Crippen molar-refractivity contribution in [3.8, 4) is 11.5 Å². The molecule has 3 heteroatoms. The second-order valence-corrected chi connectivity index (χ2v) is 5.50. The number of esters is 1. The molecule has 0 aromatic heterocycles. The average Bonchev–Trinajstić information content (AvgIpc) is 2.42. The van der Waals surface area contributed by atoms with Crippen LogP contribution in [0.3, 0.4) is 0 Å². The summed E-state index contributed by atoms with van der Waals surface area (Å²) in [4.78, 5) is 11.3. The molecule has 1 N–H and O–H groups in total. The van der Waals surface area contributed by atoms with Crippen LogP contribution in [0.2, 0.25) is 0 Å². The number of phenolic OH excluding ortho intramolecular Hbond substituents is 1. The first kappa shape index (κ1) is 13.7. The van der Waals surface area contributed by atoms with Gasteiger partial charge >= 0.3 is 5.97 Å². The van der Waals surface area contributed by atoms with Gasteiger partial charge in [-0.15, -0.1) is 0 Å². The number of rotatable bonds is 1. The minimum atomic E-state index is -0.290. The summed E-state index contributed by atoms with van der Waals surface area (Å²) in [5, 5.41) is 10.1. The van der Waals surface area contributed by atoms with E-state index < -0.39 is 0 Å². The van der Waals surface area contributed by atoms with E-state index in [1.54, 1.807) is 0 Å². The zero-order chi connectivity index (χ0) is 14.8. The number of carbonyl (C=O) groups excluding carboxylic acids is 1. The van der Waals surface area contributed by atoms with Gasteiger partial charge in [0.15, 0.2) is 0 Å². The quantitative estimate of drug-likeness (QED) is 0.645. The number of hydrogen-bond donors (Lipinski definition) is 1. The van der Waals surface area contributed by atoms with E-state index in [0.717, 1.165) is 47.9 Å². The van der Waals surface area contributed by atoms with Crippen LogP contribution in [0.5, 0.6) is 11.5 Å². The summed E-state index contributed by atoms with van der Waals surface area (Å²) in [5.41, 5.74) is 4.18. The van der Waals surface area contributed by atoms with Gasteiger partial charge in [0.05, 0.1) is 0 Å². The van der Waals surface area contributed by atoms with E-state index in [4.69, 9.17) is 4.74 Å². The molecule has 0 atom stereocenters. The molecule has 0 saturated heterocycles. The van der Waals surface area contributed by atoms with Crippen molar-refractivity contribution < 1.29 is 14.6 Å². The minimum absolute atomic E-state index is 0.290. The van der Waals surface area contributed by atoms with Crippen molar-refractivity contribution in [2.75, 3.05) is 0 Å². The van der Waals surface area contributed by atoms with Gasteiger partial charge in [-0.05, 0) is 60.1 Å². The normalized spacial score (nSPS) is 13.6. The summed E-state index contributed by atoms with van der Waals surface area (Å²) >= 11 is 0. The van der Waals surface area contributed by atoms with Crippen LogP contribution >= 0.6 is 0 Å². The highest BCUT2D eigenvalue weighted by Crippen LogP contribution is 2.27. The van der Waals surface area contributed by atoms with E-state index in [2.05, 4.69) is 12.1 Å². The van der Waals surface area contributed by atoms with E-state index in [9.17, 15) is 9.90 Å². The van der Waals surface area contributed by atoms with Gasteiger partial charge in [-0.25, -0.2) is 0 Å². The molecular formula is C18H18O3. The third-order valence-electron chi connectivity index (χ3n) is 3.90. The van der Waals surface area contributed by atoms with E-state index in [1.807, 2.05) is 24.3 Å². The molecule has 2 aromatic rings. The lowest BCUT2D eigenvalue weighted by Gasteiger charge is -2.14. The largest absolute Gasteiger partial charge is 0.508 e. The Morgan fingerprint density at radius 2 is 1.57 bits per heavy atom. The second kappa shape index (κ2) is 5.60. The van der Waals surface area contributed by atoms with Gasteiger partial charge in [-0.3, -0.25) is 4.79 Å². The Bertz CT molecular complexity index is 689. The van der Waals surface area contributed by atoms with Gasteiger partial charge < -0.3 is 9.84 Å². The van der Waals surface area contributed by atoms with E-state index in [-0.39, 0.29) is 5.97 Å². The highest BCUT2D eigenvalue weighted by Gasteiger charge is 2.12. The first-order valence-corrected chi connectivity index (χ1v) is 7.23. The number of ether oxygens (including phenoxy) is 1. The van der Waals surface area contributed by atoms with Crippen LogP contribution in [-0.4, -0.2) is 11.1 Å². The van der Waals surface area contributed by atoms with Crippen LogP contribution in [0, 0.1) is 0 Å². The van der Waals surface area contributed by atoms with Crippen molar-refractivity contribution in [1.82, 2.24) is 0 Å². The van der Waals surface area contributed by atoms with Crippen molar-refractivity contribution >= 4 is 5.97 Å². The van der Waals surface area contributed by atoms with Crippen molar-refractivity contribution in [2.45, 2.75) is 32.6 Å². The first-order chi connectivity index (χ1) is 10.1. The minimum Gasteiger partial charge on any atom is -0.508 e. The predicted molar refractivity (Wildman–Crippen MR) is 80.7 cm³/mol. The topological polar surface area (TPSA) is 46.5 Å². The van der Waals surface area contributed by atoms with E-state index in [0.29, 0.717) is 11.5 Å². The molecule has 0 heterocycles. The van der Waals surface area contributed by atoms with Crippen molar-refractivity contribution in [3.05, 3.63) is 58.7 Å². The maximum atomic E-state index is 11.3. The monoisotopic (exact) mass is 282 g/mol. The summed E-state index contributed by atoms with van der Waals surface area (Å²) in [6.07, 6.45) is 3.16. The Kier molecular flexibility index (Phi) is 3.65. The molecule has 0 aliphatic heterocycles. The lowest BCUT2D eigenvalue weighted by atomic mass is 9.95. The Labute approximate surface area is 124 Å². The summed E-state index contributed by atoms with van der Waals surface area (Å²) in [6.45, 7) is 1.43. The first-order valence-electron chi connectivity index (χ1n) is 7.23. The average molecular weight is 282 g/mol. The second-order valence-electron chi connectivity index (χ2n) is 5.50. The maximum absolute atomic E-state index is 11.3. The lowest BCUT2D eigenvalue weighted by molar-refractivity contribution is -0.131. The van der Waals surface area contributed by atoms with Gasteiger partial charge in [-0.2, -0.15) is 0 Å². The Morgan fingerprint density at radius 1 is 0.952 bits per heavy atom. The molecule has 6 rings (SSSR count). The molecule has 4 aliphatic rings. The van der Waals surface area contributed by atoms with Crippen molar-refractivity contribution in [1.29, 1.82) is 0 Å². The zero-order valence-corrected chi connectivity index (χ0v) is 12.1. The van der Waals surface area contributed by atoms with Crippen LogP contribution in [0.1, 0.15) is 29.2 Å². The number of benzene rings is 2. The molecule has 3 nitrogen and oxygen atoms in total. The molecule has 0 unspecified atom stereocenters. The third-order valence-corrected chi connectivity index (χ3v) is 3.90. The molecule has 21 heavy (non-hydrogen) atoms. The predicted octanol–water partition coefficient (Wildman–Crippen LogP) is 3.20. The van der Waals surface area contributed by atoms with Crippen molar-refractivity contribution in [3.63, 3.8) is 0 Å². The van der Waals surface area contributed by atoms with Gasteiger partial charge in [0, 0.05) is 6.92 Å². The number of aromatic hydroxyl groups is 1. The molecule has 4 bridgehead atoms. The van der Waals surface area contributed by atoms with E-state index >= 15 is 0 Å². The Balaban J connectivity index is 1.99. The third kappa shape index (κ3) is 3.07. The smallest absolute Gasteiger partial charge is 0.308 e. The number of aryl methyl sites for hydroxylation is 4. The number of hydrogen-bond acceptors (Lipinski definition) is 3. The Morgan fingerprint density at radius 3 is 2.24 bits per heavy atom. The SMILES string of the molecule is CC(=O)Oc1cc2ccc1CCc1ccc(c(O)c1)CC2. The van der Waals surface area contributed by atoms with E-state index in [1.165, 1.54) is 6.92 Å². The van der Waals surface area contributed by atoms with Gasteiger partial charge in [-0.1, -0.05) is 24.3 Å². The van der Waals surface area contributed by atoms with Crippen LogP contribution in [-0.2, 0) is 30.5 Å². The van der Waals surface area contributed by atoms with Crippen LogP contribution in [0.25, 0.3) is 0 Å². The number of carbonyl (C=O) groups is 1. The summed E-state index contributed by atoms with van der Waals surface area (Å²) < 4.78 is 5.34. The molecular weight excluding hydrogens is 264 g/mol. The lowest BCUT2D eigenvalue weighted by Crippen LogP contribution is -2.06. The fraction of sp³-hybridized carbons (Fsp3) is 0.278. The van der Waals surface area contributed by atoms with Gasteiger partial charge in [0.1, 0.15) is 11.5 Å². The van der Waals surface area contributed by atoms with Gasteiger partial charge in [0.25, 0.3) is 0 Å². The highest BCUT2D eigenvalue weighted by molar-refractivity contribution is 5.70. The molecule has 2 aromatic carbocycles. The summed E-state index contributed by atoms with van der Waals surface area (Å²) in [6, 6.07) is 12.0. The summed E-state index contributed by atoms with van der Waals surface area (Å²) in [7, 11) is 0.